The highest BCUT2D eigenvalue weighted by atomic mass is 32.1. The second kappa shape index (κ2) is 10.7. The number of carbonyl (C=O) groups excluding carboxylic acids is 2. The lowest BCUT2D eigenvalue weighted by molar-refractivity contribution is 0.0915. The molecule has 0 saturated heterocycles. The quantitative estimate of drug-likeness (QED) is 0.235. The molecule has 0 amide bonds. The summed E-state index contributed by atoms with van der Waals surface area (Å²) in [7, 11) is 1.51. The van der Waals surface area contributed by atoms with E-state index in [0.717, 1.165) is 16.6 Å². The average molecular weight is 513 g/mol. The molecule has 8 nitrogen and oxygen atoms in total. The van der Waals surface area contributed by atoms with Gasteiger partial charge in [0.15, 0.2) is 28.9 Å². The standard InChI is InChI=1S/C28H24N4O4S/c1-17-5-3-6-19-20(15-37-28(17)19)21-7-4-8-22(31-21)24(34)11-10-23(33)18-9-12-25(26(13-18)35-2)36-14-27-29-16-30-32-27/h3-9,12-13,15-16H,10-11,14H2,1-2H3,(H,29,30,32). The van der Waals surface area contributed by atoms with Gasteiger partial charge >= 0.3 is 0 Å². The monoisotopic (exact) mass is 512 g/mol. The molecule has 3 heterocycles. The number of thiophene rings is 1. The van der Waals surface area contributed by atoms with Crippen LogP contribution in [0.2, 0.25) is 0 Å². The summed E-state index contributed by atoms with van der Waals surface area (Å²) in [6, 6.07) is 16.6. The molecule has 0 bridgehead atoms. The van der Waals surface area contributed by atoms with Crippen LogP contribution in [0.4, 0.5) is 0 Å². The number of hydrogen-bond donors (Lipinski definition) is 1. The summed E-state index contributed by atoms with van der Waals surface area (Å²) in [5.74, 6) is 1.13. The Labute approximate surface area is 217 Å². The number of Topliss-reactive ketones (excluding diaryl/α,β-unsaturated/α-hetero) is 2. The normalized spacial score (nSPS) is 11.0. The number of fused-ring (bicyclic) bond motifs is 1. The van der Waals surface area contributed by atoms with E-state index in [2.05, 4.69) is 44.6 Å². The highest BCUT2D eigenvalue weighted by molar-refractivity contribution is 7.18. The summed E-state index contributed by atoms with van der Waals surface area (Å²) in [6.45, 7) is 2.27. The number of nitrogens with one attached hydrogen (secondary N) is 1. The summed E-state index contributed by atoms with van der Waals surface area (Å²) in [4.78, 5) is 34.4. The van der Waals surface area contributed by atoms with Crippen LogP contribution < -0.4 is 9.47 Å². The van der Waals surface area contributed by atoms with E-state index in [1.54, 1.807) is 35.6 Å². The smallest absolute Gasteiger partial charge is 0.181 e. The highest BCUT2D eigenvalue weighted by Gasteiger charge is 2.16. The Morgan fingerprint density at radius 2 is 1.84 bits per heavy atom. The maximum absolute atomic E-state index is 12.9. The Bertz CT molecular complexity index is 1580. The molecule has 186 valence electrons. The molecule has 0 aliphatic rings. The van der Waals surface area contributed by atoms with Gasteiger partial charge in [0.25, 0.3) is 0 Å². The van der Waals surface area contributed by atoms with Crippen molar-refractivity contribution in [1.82, 2.24) is 20.2 Å². The number of aromatic nitrogens is 4. The predicted octanol–water partition coefficient (Wildman–Crippen LogP) is 5.82. The van der Waals surface area contributed by atoms with E-state index in [9.17, 15) is 9.59 Å². The van der Waals surface area contributed by atoms with Gasteiger partial charge in [-0.25, -0.2) is 9.97 Å². The molecular weight excluding hydrogens is 488 g/mol. The van der Waals surface area contributed by atoms with E-state index in [1.165, 1.54) is 23.7 Å². The second-order valence-corrected chi connectivity index (χ2v) is 9.32. The van der Waals surface area contributed by atoms with Gasteiger partial charge in [0.1, 0.15) is 18.6 Å². The molecule has 2 aromatic carbocycles. The lowest BCUT2D eigenvalue weighted by Crippen LogP contribution is -2.08. The Kier molecular flexibility index (Phi) is 7.04. The summed E-state index contributed by atoms with van der Waals surface area (Å²) in [5.41, 5.74) is 3.77. The molecule has 3 aromatic heterocycles. The maximum Gasteiger partial charge on any atom is 0.181 e. The van der Waals surface area contributed by atoms with Crippen molar-refractivity contribution in [3.05, 3.63) is 88.9 Å². The van der Waals surface area contributed by atoms with Gasteiger partial charge in [-0.3, -0.25) is 14.7 Å². The number of ether oxygens (including phenoxy) is 2. The molecule has 37 heavy (non-hydrogen) atoms. The third kappa shape index (κ3) is 5.26. The fraction of sp³-hybridized carbons (Fsp3) is 0.179. The molecule has 0 atom stereocenters. The Balaban J connectivity index is 1.25. The number of H-pyrrole nitrogens is 1. The number of ketones is 2. The first-order valence-corrected chi connectivity index (χ1v) is 12.6. The molecule has 0 fully saturated rings. The Morgan fingerprint density at radius 3 is 2.65 bits per heavy atom. The van der Waals surface area contributed by atoms with Gasteiger partial charge in [0.05, 0.1) is 12.8 Å². The number of benzene rings is 2. The minimum Gasteiger partial charge on any atom is -0.493 e. The van der Waals surface area contributed by atoms with Crippen LogP contribution in [0.15, 0.2) is 66.3 Å². The van der Waals surface area contributed by atoms with Crippen molar-refractivity contribution in [1.29, 1.82) is 0 Å². The number of pyridine rings is 1. The van der Waals surface area contributed by atoms with Crippen molar-refractivity contribution in [3.8, 4) is 22.8 Å². The largest absolute Gasteiger partial charge is 0.493 e. The number of hydrogen-bond acceptors (Lipinski definition) is 8. The average Bonchev–Trinajstić information content (AvgIpc) is 3.61. The summed E-state index contributed by atoms with van der Waals surface area (Å²) < 4.78 is 12.3. The molecule has 0 unspecified atom stereocenters. The zero-order chi connectivity index (χ0) is 25.8. The van der Waals surface area contributed by atoms with E-state index < -0.39 is 0 Å². The van der Waals surface area contributed by atoms with Crippen LogP contribution in [-0.2, 0) is 6.61 Å². The van der Waals surface area contributed by atoms with Crippen molar-refractivity contribution in [2.45, 2.75) is 26.4 Å². The third-order valence-corrected chi connectivity index (χ3v) is 7.13. The fourth-order valence-electron chi connectivity index (χ4n) is 4.05. The van der Waals surface area contributed by atoms with E-state index in [-0.39, 0.29) is 31.0 Å². The van der Waals surface area contributed by atoms with E-state index in [0.29, 0.717) is 28.6 Å². The first-order valence-electron chi connectivity index (χ1n) is 11.7. The molecule has 0 radical (unpaired) electrons. The van der Waals surface area contributed by atoms with Gasteiger partial charge in [-0.1, -0.05) is 24.3 Å². The van der Waals surface area contributed by atoms with E-state index in [1.807, 2.05) is 18.2 Å². The third-order valence-electron chi connectivity index (χ3n) is 6.00. The molecule has 0 spiro atoms. The summed E-state index contributed by atoms with van der Waals surface area (Å²) in [5, 5.41) is 9.70. The van der Waals surface area contributed by atoms with Crippen LogP contribution in [0.25, 0.3) is 21.3 Å². The van der Waals surface area contributed by atoms with Gasteiger partial charge in [0, 0.05) is 39.4 Å². The van der Waals surface area contributed by atoms with Crippen LogP contribution in [0.3, 0.4) is 0 Å². The molecule has 5 aromatic rings. The topological polar surface area (TPSA) is 107 Å². The van der Waals surface area contributed by atoms with Crippen LogP contribution in [-0.4, -0.2) is 38.8 Å². The van der Waals surface area contributed by atoms with Gasteiger partial charge in [-0.15, -0.1) is 11.3 Å². The maximum atomic E-state index is 12.9. The first-order chi connectivity index (χ1) is 18.0. The van der Waals surface area contributed by atoms with Gasteiger partial charge in [0.2, 0.25) is 0 Å². The van der Waals surface area contributed by atoms with Gasteiger partial charge in [-0.05, 0) is 42.8 Å². The minimum atomic E-state index is -0.176. The SMILES string of the molecule is COc1cc(C(=O)CCC(=O)c2cccc(-c3csc4c(C)cccc34)n2)ccc1OCc1ncn[nH]1. The molecule has 0 aliphatic carbocycles. The molecule has 5 rings (SSSR count). The number of nitrogens with zero attached hydrogens (tertiary/aromatic N) is 3. The van der Waals surface area contributed by atoms with Gasteiger partial charge in [-0.2, -0.15) is 5.10 Å². The molecular formula is C28H24N4O4S. The van der Waals surface area contributed by atoms with Crippen LogP contribution in [0, 0.1) is 6.92 Å². The number of rotatable bonds is 10. The molecule has 0 aliphatic heterocycles. The minimum absolute atomic E-state index is 0.0604. The van der Waals surface area contributed by atoms with Crippen LogP contribution >= 0.6 is 11.3 Å². The Hall–Kier alpha value is -4.37. The van der Waals surface area contributed by atoms with Crippen molar-refractivity contribution >= 4 is 33.0 Å². The number of carbonyl (C=O) groups is 2. The van der Waals surface area contributed by atoms with Crippen molar-refractivity contribution in [3.63, 3.8) is 0 Å². The van der Waals surface area contributed by atoms with E-state index in [4.69, 9.17) is 9.47 Å². The zero-order valence-corrected chi connectivity index (χ0v) is 21.2. The summed E-state index contributed by atoms with van der Waals surface area (Å²) >= 11 is 1.67. The predicted molar refractivity (Wildman–Crippen MR) is 141 cm³/mol. The highest BCUT2D eigenvalue weighted by Crippen LogP contribution is 2.35. The lowest BCUT2D eigenvalue weighted by atomic mass is 10.0. The number of aromatic amines is 1. The number of methoxy groups -OCH3 is 1. The first kappa shape index (κ1) is 24.3. The van der Waals surface area contributed by atoms with Crippen molar-refractivity contribution < 1.29 is 19.1 Å². The van der Waals surface area contributed by atoms with Crippen LogP contribution in [0.5, 0.6) is 11.5 Å². The van der Waals surface area contributed by atoms with Gasteiger partial charge < -0.3 is 9.47 Å². The van der Waals surface area contributed by atoms with Crippen molar-refractivity contribution in [2.75, 3.05) is 7.11 Å². The van der Waals surface area contributed by atoms with Crippen molar-refractivity contribution in [2.24, 2.45) is 0 Å². The lowest BCUT2D eigenvalue weighted by Gasteiger charge is -2.11. The van der Waals surface area contributed by atoms with Crippen LogP contribution in [0.1, 0.15) is 45.1 Å². The fourth-order valence-corrected chi connectivity index (χ4v) is 5.09. The summed E-state index contributed by atoms with van der Waals surface area (Å²) in [6.07, 6.45) is 1.52. The second-order valence-electron chi connectivity index (χ2n) is 8.44. The molecule has 1 N–H and O–H groups in total. The Morgan fingerprint density at radius 1 is 1.00 bits per heavy atom. The molecule has 0 saturated carbocycles. The molecule has 9 heteroatoms. The van der Waals surface area contributed by atoms with E-state index >= 15 is 0 Å². The number of aryl methyl sites for hydroxylation is 1. The zero-order valence-electron chi connectivity index (χ0n) is 20.4.